The van der Waals surface area contributed by atoms with Gasteiger partial charge in [0.05, 0.1) is 24.5 Å². The highest BCUT2D eigenvalue weighted by Gasteiger charge is 2.28. The second-order valence-corrected chi connectivity index (χ2v) is 9.35. The van der Waals surface area contributed by atoms with Crippen LogP contribution in [0.25, 0.3) is 5.69 Å². The number of hydrogen-bond acceptors (Lipinski definition) is 5. The van der Waals surface area contributed by atoms with Crippen LogP contribution in [-0.2, 0) is 13.6 Å². The number of likely N-dealkylation sites (tertiary alicyclic amines) is 1. The first-order valence-electron chi connectivity index (χ1n) is 12.0. The summed E-state index contributed by atoms with van der Waals surface area (Å²) in [5.74, 6) is 1.000. The Morgan fingerprint density at radius 1 is 1.11 bits per heavy atom. The van der Waals surface area contributed by atoms with Crippen molar-refractivity contribution in [3.05, 3.63) is 88.4 Å². The number of carbonyl (C=O) groups is 1. The highest BCUT2D eigenvalue weighted by Crippen LogP contribution is 2.40. The Balaban J connectivity index is 1.46. The van der Waals surface area contributed by atoms with Crippen molar-refractivity contribution in [1.29, 1.82) is 0 Å². The molecule has 3 heterocycles. The lowest BCUT2D eigenvalue weighted by molar-refractivity contribution is 0.0686. The van der Waals surface area contributed by atoms with Gasteiger partial charge in [0.25, 0.3) is 0 Å². The van der Waals surface area contributed by atoms with Crippen molar-refractivity contribution in [2.75, 3.05) is 13.1 Å². The number of nitrogens with zero attached hydrogens (tertiary/aromatic N) is 6. The van der Waals surface area contributed by atoms with Gasteiger partial charge in [0.15, 0.2) is 0 Å². The number of hydrogen-bond donors (Lipinski definition) is 1. The monoisotopic (exact) mass is 474 g/mol. The van der Waals surface area contributed by atoms with E-state index >= 15 is 0 Å². The minimum atomic E-state index is -0.994. The third-order valence-corrected chi connectivity index (χ3v) is 6.96. The van der Waals surface area contributed by atoms with Crippen LogP contribution in [0, 0.1) is 6.92 Å². The molecule has 1 N–H and O–H groups in total. The van der Waals surface area contributed by atoms with E-state index in [1.807, 2.05) is 31.2 Å². The summed E-state index contributed by atoms with van der Waals surface area (Å²) in [6.07, 6.45) is 8.16. The predicted octanol–water partition coefficient (Wildman–Crippen LogP) is 3.22. The van der Waals surface area contributed by atoms with Gasteiger partial charge < -0.3 is 9.67 Å². The molecule has 3 aromatic rings. The number of benzene rings is 1. The number of aromatic nitrogens is 5. The first-order chi connectivity index (χ1) is 16.9. The molecule has 0 amide bonds. The maximum Gasteiger partial charge on any atom is 0.354 e. The molecule has 1 aromatic carbocycles. The van der Waals surface area contributed by atoms with Gasteiger partial charge in [-0.3, -0.25) is 14.0 Å². The van der Waals surface area contributed by atoms with E-state index in [4.69, 9.17) is 0 Å². The molecule has 1 aliphatic heterocycles. The van der Waals surface area contributed by atoms with Gasteiger partial charge in [-0.1, -0.05) is 12.1 Å². The average Bonchev–Trinajstić information content (AvgIpc) is 3.48. The van der Waals surface area contributed by atoms with Gasteiger partial charge in [0, 0.05) is 32.5 Å². The summed E-state index contributed by atoms with van der Waals surface area (Å²) in [4.78, 5) is 36.2. The predicted molar refractivity (Wildman–Crippen MR) is 131 cm³/mol. The molecule has 5 rings (SSSR count). The summed E-state index contributed by atoms with van der Waals surface area (Å²) in [5.41, 5.74) is 2.18. The van der Waals surface area contributed by atoms with Gasteiger partial charge in [-0.15, -0.1) is 0 Å². The Labute approximate surface area is 203 Å². The molecule has 2 fully saturated rings. The lowest BCUT2D eigenvalue weighted by atomic mass is 10.1. The molecular weight excluding hydrogens is 444 g/mol. The Hall–Kier alpha value is -3.72. The quantitative estimate of drug-likeness (QED) is 0.589. The van der Waals surface area contributed by atoms with Crippen molar-refractivity contribution >= 4 is 5.97 Å². The standard InChI is InChI=1S/C26H30N6O3/c1-18-27-12-3-4-13-31(21-9-7-20(8-10-21)19-5-6-19)26(35)32(18)22-11-14-30(16-22)17-24-28-15-23(25(33)34)29(24)2/h3-4,7-10,12-13,15,19,22H,5-6,11,14,16-17H2,1-2H3,(H,33,34). The van der Waals surface area contributed by atoms with Crippen molar-refractivity contribution in [2.24, 2.45) is 7.05 Å². The summed E-state index contributed by atoms with van der Waals surface area (Å²) in [7, 11) is 1.71. The minimum absolute atomic E-state index is 0.0569. The third kappa shape index (κ3) is 4.77. The number of carboxylic acid groups (broad SMARTS) is 1. The normalized spacial score (nSPS) is 17.9. The van der Waals surface area contributed by atoms with Crippen LogP contribution in [-0.4, -0.2) is 52.7 Å². The number of rotatable bonds is 6. The van der Waals surface area contributed by atoms with Crippen molar-refractivity contribution in [1.82, 2.24) is 28.6 Å². The van der Waals surface area contributed by atoms with Gasteiger partial charge in [-0.2, -0.15) is 0 Å². The zero-order chi connectivity index (χ0) is 24.5. The van der Waals surface area contributed by atoms with E-state index < -0.39 is 5.97 Å². The molecule has 1 unspecified atom stereocenters. The van der Waals surface area contributed by atoms with E-state index in [9.17, 15) is 14.7 Å². The first-order valence-corrected chi connectivity index (χ1v) is 12.0. The Morgan fingerprint density at radius 3 is 2.57 bits per heavy atom. The fraction of sp³-hybridized carbons (Fsp3) is 0.385. The highest BCUT2D eigenvalue weighted by atomic mass is 16.4. The third-order valence-electron chi connectivity index (χ3n) is 6.96. The molecule has 0 spiro atoms. The molecule has 2 aromatic heterocycles. The molecule has 182 valence electrons. The van der Waals surface area contributed by atoms with Crippen molar-refractivity contribution in [2.45, 2.75) is 44.7 Å². The van der Waals surface area contributed by atoms with Crippen LogP contribution in [0.15, 0.2) is 59.8 Å². The first kappa shape index (κ1) is 23.0. The van der Waals surface area contributed by atoms with Crippen LogP contribution in [0.1, 0.15) is 58.9 Å². The van der Waals surface area contributed by atoms with Crippen LogP contribution in [0.5, 0.6) is 0 Å². The zero-order valence-electron chi connectivity index (χ0n) is 20.0. The summed E-state index contributed by atoms with van der Waals surface area (Å²) >= 11 is 0. The van der Waals surface area contributed by atoms with E-state index in [0.717, 1.165) is 18.7 Å². The van der Waals surface area contributed by atoms with E-state index in [1.165, 1.54) is 24.6 Å². The average molecular weight is 475 g/mol. The van der Waals surface area contributed by atoms with Crippen LogP contribution >= 0.6 is 0 Å². The van der Waals surface area contributed by atoms with Gasteiger partial charge in [-0.25, -0.2) is 19.6 Å². The van der Waals surface area contributed by atoms with Crippen molar-refractivity contribution in [3.63, 3.8) is 0 Å². The Bertz CT molecular complexity index is 1350. The Morgan fingerprint density at radius 2 is 1.89 bits per heavy atom. The number of aromatic carboxylic acids is 1. The lowest BCUT2D eigenvalue weighted by Crippen LogP contribution is -2.34. The van der Waals surface area contributed by atoms with Gasteiger partial charge in [0.1, 0.15) is 17.3 Å². The number of carboxylic acids is 1. The van der Waals surface area contributed by atoms with Crippen molar-refractivity contribution < 1.29 is 9.90 Å². The summed E-state index contributed by atoms with van der Waals surface area (Å²) in [6, 6.07) is 11.9. The molecule has 9 heteroatoms. The summed E-state index contributed by atoms with van der Waals surface area (Å²) in [6.45, 7) is 3.81. The lowest BCUT2D eigenvalue weighted by Gasteiger charge is -2.18. The van der Waals surface area contributed by atoms with Crippen LogP contribution in [0.4, 0.5) is 0 Å². The number of aryl methyl sites for hydroxylation is 1. The highest BCUT2D eigenvalue weighted by molar-refractivity contribution is 5.85. The molecule has 2 aliphatic rings. The molecule has 9 nitrogen and oxygen atoms in total. The Kier molecular flexibility index (Phi) is 6.25. The SMILES string of the molecule is Cc1nccccn(-c2ccc(C3CC3)cc2)c(=O)n1C1CCN(Cc2ncc(C(=O)O)n2C)C1. The van der Waals surface area contributed by atoms with Crippen LogP contribution in [0.3, 0.4) is 0 Å². The molecule has 1 aliphatic carbocycles. The maximum atomic E-state index is 13.9. The largest absolute Gasteiger partial charge is 0.477 e. The van der Waals surface area contributed by atoms with E-state index in [2.05, 4.69) is 27.0 Å². The summed E-state index contributed by atoms with van der Waals surface area (Å²) in [5, 5.41) is 9.30. The van der Waals surface area contributed by atoms with Crippen LogP contribution in [0.2, 0.25) is 0 Å². The fourth-order valence-corrected chi connectivity index (χ4v) is 4.82. The van der Waals surface area contributed by atoms with Gasteiger partial charge in [-0.05, 0) is 61.9 Å². The van der Waals surface area contributed by atoms with E-state index in [-0.39, 0.29) is 17.4 Å². The minimum Gasteiger partial charge on any atom is -0.477 e. The molecule has 0 radical (unpaired) electrons. The van der Waals surface area contributed by atoms with Crippen LogP contribution < -0.4 is 5.69 Å². The molecule has 1 atom stereocenters. The molecule has 0 bridgehead atoms. The maximum absolute atomic E-state index is 13.9. The van der Waals surface area contributed by atoms with Gasteiger partial charge in [0.2, 0.25) is 0 Å². The van der Waals surface area contributed by atoms with Gasteiger partial charge >= 0.3 is 11.7 Å². The van der Waals surface area contributed by atoms with E-state index in [0.29, 0.717) is 30.7 Å². The molecular formula is C26H30N6O3. The second kappa shape index (κ2) is 9.50. The topological polar surface area (TPSA) is 98.2 Å². The molecule has 35 heavy (non-hydrogen) atoms. The fourth-order valence-electron chi connectivity index (χ4n) is 4.82. The zero-order valence-corrected chi connectivity index (χ0v) is 20.0. The smallest absolute Gasteiger partial charge is 0.354 e. The van der Waals surface area contributed by atoms with Crippen molar-refractivity contribution in [3.8, 4) is 5.69 Å². The molecule has 1 saturated heterocycles. The molecule has 1 saturated carbocycles. The van der Waals surface area contributed by atoms with E-state index in [1.54, 1.807) is 33.1 Å². The number of imidazole rings is 1. The second-order valence-electron chi connectivity index (χ2n) is 9.35. The summed E-state index contributed by atoms with van der Waals surface area (Å²) < 4.78 is 5.08.